The molecule has 0 saturated carbocycles. The first-order valence-corrected chi connectivity index (χ1v) is 6.21. The predicted octanol–water partition coefficient (Wildman–Crippen LogP) is 2.61. The molecule has 0 spiro atoms. The van der Waals surface area contributed by atoms with E-state index in [1.54, 1.807) is 11.0 Å². The number of nitrogens with zero attached hydrogens (tertiary/aromatic N) is 3. The van der Waals surface area contributed by atoms with E-state index in [4.69, 9.17) is 5.26 Å². The average molecular weight is 267 g/mol. The van der Waals surface area contributed by atoms with E-state index in [9.17, 15) is 8.78 Å². The Bertz CT molecular complexity index is 457. The molecule has 1 unspecified atom stereocenters. The SMILES string of the molecule is CCN(c1c(F)cc(C#N)cc1F)C(C)CN(C)C. The van der Waals surface area contributed by atoms with Crippen molar-refractivity contribution in [1.82, 2.24) is 4.90 Å². The Kier molecular flexibility index (Phi) is 5.25. The minimum Gasteiger partial charge on any atom is -0.363 e. The van der Waals surface area contributed by atoms with Gasteiger partial charge in [0.2, 0.25) is 0 Å². The van der Waals surface area contributed by atoms with E-state index < -0.39 is 11.6 Å². The summed E-state index contributed by atoms with van der Waals surface area (Å²) in [6.45, 7) is 4.95. The van der Waals surface area contributed by atoms with E-state index in [1.165, 1.54) is 0 Å². The van der Waals surface area contributed by atoms with E-state index in [-0.39, 0.29) is 17.3 Å². The molecule has 1 aromatic carbocycles. The van der Waals surface area contributed by atoms with Crippen molar-refractivity contribution < 1.29 is 8.78 Å². The zero-order valence-corrected chi connectivity index (χ0v) is 11.7. The predicted molar refractivity (Wildman–Crippen MR) is 72.1 cm³/mol. The number of hydrogen-bond acceptors (Lipinski definition) is 3. The summed E-state index contributed by atoms with van der Waals surface area (Å²) < 4.78 is 28.0. The Morgan fingerprint density at radius 1 is 1.26 bits per heavy atom. The lowest BCUT2D eigenvalue weighted by Crippen LogP contribution is -2.41. The molecule has 0 aliphatic heterocycles. The number of benzene rings is 1. The average Bonchev–Trinajstić information content (AvgIpc) is 2.32. The molecule has 0 bridgehead atoms. The van der Waals surface area contributed by atoms with Crippen LogP contribution in [-0.4, -0.2) is 38.1 Å². The number of nitriles is 1. The molecule has 19 heavy (non-hydrogen) atoms. The second kappa shape index (κ2) is 6.48. The summed E-state index contributed by atoms with van der Waals surface area (Å²) in [4.78, 5) is 3.64. The zero-order valence-electron chi connectivity index (χ0n) is 11.7. The summed E-state index contributed by atoms with van der Waals surface area (Å²) in [5, 5.41) is 8.70. The molecular weight excluding hydrogens is 248 g/mol. The summed E-state index contributed by atoms with van der Waals surface area (Å²) in [6.07, 6.45) is 0. The number of halogens is 2. The summed E-state index contributed by atoms with van der Waals surface area (Å²) in [5.74, 6) is -1.38. The van der Waals surface area contributed by atoms with Crippen molar-refractivity contribution in [1.29, 1.82) is 5.26 Å². The summed E-state index contributed by atoms with van der Waals surface area (Å²) in [5.41, 5.74) is -0.0640. The second-order valence-electron chi connectivity index (χ2n) is 4.80. The van der Waals surface area contributed by atoms with Gasteiger partial charge in [0, 0.05) is 19.1 Å². The fourth-order valence-corrected chi connectivity index (χ4v) is 2.22. The molecule has 0 aromatic heterocycles. The quantitative estimate of drug-likeness (QED) is 0.821. The monoisotopic (exact) mass is 267 g/mol. The molecule has 5 heteroatoms. The molecule has 0 aliphatic carbocycles. The first-order chi connectivity index (χ1) is 8.90. The van der Waals surface area contributed by atoms with Gasteiger partial charge in [0.1, 0.15) is 5.69 Å². The van der Waals surface area contributed by atoms with E-state index >= 15 is 0 Å². The van der Waals surface area contributed by atoms with Gasteiger partial charge in [-0.1, -0.05) is 0 Å². The Labute approximate surface area is 113 Å². The van der Waals surface area contributed by atoms with Crippen LogP contribution in [-0.2, 0) is 0 Å². The Hall–Kier alpha value is -1.67. The first-order valence-electron chi connectivity index (χ1n) is 6.21. The fraction of sp³-hybridized carbons (Fsp3) is 0.500. The molecule has 1 rings (SSSR count). The van der Waals surface area contributed by atoms with Gasteiger partial charge < -0.3 is 9.80 Å². The van der Waals surface area contributed by atoms with Gasteiger partial charge in [-0.25, -0.2) is 8.78 Å². The van der Waals surface area contributed by atoms with Gasteiger partial charge in [-0.05, 0) is 40.1 Å². The molecule has 0 fully saturated rings. The molecule has 3 nitrogen and oxygen atoms in total. The third kappa shape index (κ3) is 3.65. The second-order valence-corrected chi connectivity index (χ2v) is 4.80. The van der Waals surface area contributed by atoms with Crippen LogP contribution in [0.4, 0.5) is 14.5 Å². The van der Waals surface area contributed by atoms with Gasteiger partial charge in [0.05, 0.1) is 11.6 Å². The summed E-state index contributed by atoms with van der Waals surface area (Å²) >= 11 is 0. The third-order valence-electron chi connectivity index (χ3n) is 2.94. The van der Waals surface area contributed by atoms with Crippen molar-refractivity contribution >= 4 is 5.69 Å². The molecule has 0 amide bonds. The number of hydrogen-bond donors (Lipinski definition) is 0. The maximum absolute atomic E-state index is 14.0. The van der Waals surface area contributed by atoms with Crippen LogP contribution in [0.1, 0.15) is 19.4 Å². The maximum atomic E-state index is 14.0. The first kappa shape index (κ1) is 15.4. The van der Waals surface area contributed by atoms with Crippen molar-refractivity contribution in [3.63, 3.8) is 0 Å². The fourth-order valence-electron chi connectivity index (χ4n) is 2.22. The van der Waals surface area contributed by atoms with E-state index in [0.717, 1.165) is 12.1 Å². The highest BCUT2D eigenvalue weighted by atomic mass is 19.1. The van der Waals surface area contributed by atoms with Crippen LogP contribution in [0.15, 0.2) is 12.1 Å². The summed E-state index contributed by atoms with van der Waals surface area (Å²) in [6, 6.07) is 3.86. The molecular formula is C14H19F2N3. The van der Waals surface area contributed by atoms with Crippen molar-refractivity contribution in [2.24, 2.45) is 0 Å². The molecule has 104 valence electrons. The van der Waals surface area contributed by atoms with Crippen molar-refractivity contribution in [3.05, 3.63) is 29.3 Å². The van der Waals surface area contributed by atoms with Crippen LogP contribution in [0.2, 0.25) is 0 Å². The van der Waals surface area contributed by atoms with E-state index in [1.807, 2.05) is 32.8 Å². The van der Waals surface area contributed by atoms with Crippen LogP contribution in [0.3, 0.4) is 0 Å². The minimum absolute atomic E-state index is 0.00457. The molecule has 1 atom stereocenters. The largest absolute Gasteiger partial charge is 0.363 e. The third-order valence-corrected chi connectivity index (χ3v) is 2.94. The summed E-state index contributed by atoms with van der Waals surface area (Å²) in [7, 11) is 3.83. The van der Waals surface area contributed by atoms with Gasteiger partial charge in [0.15, 0.2) is 11.6 Å². The zero-order chi connectivity index (χ0) is 14.6. The molecule has 0 N–H and O–H groups in total. The maximum Gasteiger partial charge on any atom is 0.150 e. The van der Waals surface area contributed by atoms with E-state index in [0.29, 0.717) is 13.1 Å². The van der Waals surface area contributed by atoms with Crippen LogP contribution in [0.25, 0.3) is 0 Å². The highest BCUT2D eigenvalue weighted by molar-refractivity contribution is 5.53. The van der Waals surface area contributed by atoms with Gasteiger partial charge in [-0.2, -0.15) is 5.26 Å². The van der Waals surface area contributed by atoms with Crippen LogP contribution < -0.4 is 4.90 Å². The molecule has 1 aromatic rings. The van der Waals surface area contributed by atoms with Gasteiger partial charge in [-0.15, -0.1) is 0 Å². The molecule has 0 aliphatic rings. The Morgan fingerprint density at radius 2 is 1.79 bits per heavy atom. The van der Waals surface area contributed by atoms with Crippen LogP contribution >= 0.6 is 0 Å². The Morgan fingerprint density at radius 3 is 2.16 bits per heavy atom. The van der Waals surface area contributed by atoms with Crippen LogP contribution in [0.5, 0.6) is 0 Å². The lowest BCUT2D eigenvalue weighted by molar-refractivity contribution is 0.370. The standard InChI is InChI=1S/C14H19F2N3/c1-5-19(10(2)9-18(3)4)14-12(15)6-11(8-17)7-13(14)16/h6-7,10H,5,9H2,1-4H3. The van der Waals surface area contributed by atoms with Gasteiger partial charge in [0.25, 0.3) is 0 Å². The van der Waals surface area contributed by atoms with Gasteiger partial charge in [-0.3, -0.25) is 0 Å². The topological polar surface area (TPSA) is 30.3 Å². The smallest absolute Gasteiger partial charge is 0.150 e. The highest BCUT2D eigenvalue weighted by Crippen LogP contribution is 2.26. The molecule has 0 heterocycles. The van der Waals surface area contributed by atoms with Gasteiger partial charge >= 0.3 is 0 Å². The lowest BCUT2D eigenvalue weighted by Gasteiger charge is -2.32. The number of rotatable bonds is 5. The van der Waals surface area contributed by atoms with Crippen LogP contribution in [0, 0.1) is 23.0 Å². The van der Waals surface area contributed by atoms with E-state index in [2.05, 4.69) is 0 Å². The van der Waals surface area contributed by atoms with Crippen molar-refractivity contribution in [2.45, 2.75) is 19.9 Å². The van der Waals surface area contributed by atoms with Crippen molar-refractivity contribution in [3.8, 4) is 6.07 Å². The number of anilines is 1. The van der Waals surface area contributed by atoms with Crippen molar-refractivity contribution in [2.75, 3.05) is 32.1 Å². The highest BCUT2D eigenvalue weighted by Gasteiger charge is 2.21. The minimum atomic E-state index is -0.691. The molecule has 0 saturated heterocycles. The number of likely N-dealkylation sites (N-methyl/N-ethyl adjacent to an activating group) is 2. The Balaban J connectivity index is 3.15. The molecule has 0 radical (unpaired) electrons. The normalized spacial score (nSPS) is 12.3. The lowest BCUT2D eigenvalue weighted by atomic mass is 10.1.